The summed E-state index contributed by atoms with van der Waals surface area (Å²) < 4.78 is 0.907. The summed E-state index contributed by atoms with van der Waals surface area (Å²) in [5, 5.41) is 0. The molecule has 0 saturated heterocycles. The van der Waals surface area contributed by atoms with E-state index in [-0.39, 0.29) is 5.78 Å². The van der Waals surface area contributed by atoms with E-state index in [0.717, 1.165) is 4.43 Å². The molecule has 0 amide bonds. The van der Waals surface area contributed by atoms with Crippen molar-refractivity contribution in [3.8, 4) is 0 Å². The fourth-order valence-electron chi connectivity index (χ4n) is 2.36. The summed E-state index contributed by atoms with van der Waals surface area (Å²) >= 11 is 2.24. The van der Waals surface area contributed by atoms with Crippen LogP contribution in [0.25, 0.3) is 0 Å². The molecule has 1 aliphatic carbocycles. The quantitative estimate of drug-likeness (QED) is 0.324. The minimum absolute atomic E-state index is 0.253. The molecule has 2 heteroatoms. The predicted octanol–water partition coefficient (Wildman–Crippen LogP) is 4.32. The van der Waals surface area contributed by atoms with E-state index < -0.39 is 0 Å². The second-order valence-electron chi connectivity index (χ2n) is 5.22. The molecule has 16 heavy (non-hydrogen) atoms. The Labute approximate surface area is 113 Å². The molecule has 1 unspecified atom stereocenters. The molecule has 0 spiro atoms. The van der Waals surface area contributed by atoms with E-state index in [9.17, 15) is 4.79 Å². The van der Waals surface area contributed by atoms with Crippen LogP contribution in [0.2, 0.25) is 0 Å². The lowest BCUT2D eigenvalue weighted by molar-refractivity contribution is -0.114. The molecule has 0 aromatic heterocycles. The highest BCUT2D eigenvalue weighted by atomic mass is 127. The van der Waals surface area contributed by atoms with Gasteiger partial charge in [-0.2, -0.15) is 0 Å². The van der Waals surface area contributed by atoms with Gasteiger partial charge in [0.1, 0.15) is 0 Å². The number of hydrogen-bond acceptors (Lipinski definition) is 1. The molecule has 90 valence electrons. The van der Waals surface area contributed by atoms with Crippen molar-refractivity contribution in [2.45, 2.75) is 40.0 Å². The lowest BCUT2D eigenvalue weighted by Gasteiger charge is -2.36. The second kappa shape index (κ2) is 5.99. The average Bonchev–Trinajstić information content (AvgIpc) is 2.16. The zero-order valence-corrected chi connectivity index (χ0v) is 12.6. The molecule has 0 N–H and O–H groups in total. The molecule has 1 atom stereocenters. The fraction of sp³-hybridized carbons (Fsp3) is 0.643. The Bertz CT molecular complexity index is 313. The average molecular weight is 332 g/mol. The topological polar surface area (TPSA) is 17.1 Å². The molecule has 0 aromatic carbocycles. The van der Waals surface area contributed by atoms with Gasteiger partial charge in [-0.15, -0.1) is 0 Å². The Morgan fingerprint density at radius 2 is 2.31 bits per heavy atom. The lowest BCUT2D eigenvalue weighted by Crippen LogP contribution is -2.26. The van der Waals surface area contributed by atoms with E-state index in [2.05, 4.69) is 55.5 Å². The first-order chi connectivity index (χ1) is 7.47. The van der Waals surface area contributed by atoms with E-state index in [1.807, 2.05) is 0 Å². The van der Waals surface area contributed by atoms with E-state index in [1.54, 1.807) is 6.08 Å². The number of carbonyl (C=O) groups excluding carboxylic acids is 1. The summed E-state index contributed by atoms with van der Waals surface area (Å²) in [5.74, 6) is 0.683. The van der Waals surface area contributed by atoms with Crippen molar-refractivity contribution in [3.63, 3.8) is 0 Å². The first-order valence-corrected chi connectivity index (χ1v) is 7.43. The monoisotopic (exact) mass is 332 g/mol. The first kappa shape index (κ1) is 13.9. The highest BCUT2D eigenvalue weighted by Crippen LogP contribution is 2.41. The summed E-state index contributed by atoms with van der Waals surface area (Å²) in [7, 11) is 0. The van der Waals surface area contributed by atoms with Crippen molar-refractivity contribution in [1.29, 1.82) is 0 Å². The maximum Gasteiger partial charge on any atom is 0.156 e. The minimum Gasteiger partial charge on any atom is -0.295 e. The maximum atomic E-state index is 11.5. The van der Waals surface area contributed by atoms with Crippen LogP contribution in [0.15, 0.2) is 23.8 Å². The molecule has 1 nitrogen and oxygen atoms in total. The van der Waals surface area contributed by atoms with Crippen LogP contribution < -0.4 is 0 Å². The third-order valence-electron chi connectivity index (χ3n) is 3.40. The van der Waals surface area contributed by atoms with Crippen LogP contribution in [0.1, 0.15) is 40.0 Å². The standard InChI is InChI=1S/C14H21IO/c1-11-5-4-9-14(2,3)13(11)7-6-12(16)8-10-15/h5-7,13H,4,8-10H2,1-3H3/b7-6+. The third kappa shape index (κ3) is 3.72. The molecule has 0 radical (unpaired) electrons. The van der Waals surface area contributed by atoms with Gasteiger partial charge in [0.15, 0.2) is 5.78 Å². The van der Waals surface area contributed by atoms with Gasteiger partial charge in [-0.05, 0) is 31.3 Å². The Morgan fingerprint density at radius 3 is 2.88 bits per heavy atom. The van der Waals surface area contributed by atoms with E-state index >= 15 is 0 Å². The van der Waals surface area contributed by atoms with E-state index in [0.29, 0.717) is 17.8 Å². The number of rotatable bonds is 4. The lowest BCUT2D eigenvalue weighted by atomic mass is 9.68. The van der Waals surface area contributed by atoms with Gasteiger partial charge in [-0.25, -0.2) is 0 Å². The highest BCUT2D eigenvalue weighted by Gasteiger charge is 2.30. The first-order valence-electron chi connectivity index (χ1n) is 5.91. The number of halogens is 1. The summed E-state index contributed by atoms with van der Waals surface area (Å²) in [6, 6.07) is 0. The van der Waals surface area contributed by atoms with Crippen molar-refractivity contribution < 1.29 is 4.79 Å². The van der Waals surface area contributed by atoms with Gasteiger partial charge < -0.3 is 0 Å². The van der Waals surface area contributed by atoms with Gasteiger partial charge >= 0.3 is 0 Å². The van der Waals surface area contributed by atoms with Crippen molar-refractivity contribution in [3.05, 3.63) is 23.8 Å². The molecular weight excluding hydrogens is 311 g/mol. The zero-order chi connectivity index (χ0) is 12.2. The Hall–Kier alpha value is -0.120. The van der Waals surface area contributed by atoms with Crippen LogP contribution in [0.5, 0.6) is 0 Å². The van der Waals surface area contributed by atoms with Crippen LogP contribution in [0.3, 0.4) is 0 Å². The largest absolute Gasteiger partial charge is 0.295 e. The van der Waals surface area contributed by atoms with Crippen LogP contribution in [0.4, 0.5) is 0 Å². The summed E-state index contributed by atoms with van der Waals surface area (Å²) in [5.41, 5.74) is 1.70. The molecule has 1 rings (SSSR count). The van der Waals surface area contributed by atoms with Gasteiger partial charge in [-0.1, -0.05) is 54.2 Å². The number of allylic oxidation sites excluding steroid dienone is 4. The Kier molecular flexibility index (Phi) is 5.22. The van der Waals surface area contributed by atoms with Crippen molar-refractivity contribution in [2.24, 2.45) is 11.3 Å². The molecule has 0 aromatic rings. The maximum absolute atomic E-state index is 11.5. The van der Waals surface area contributed by atoms with Gasteiger partial charge in [0, 0.05) is 16.8 Å². The van der Waals surface area contributed by atoms with E-state index in [4.69, 9.17) is 0 Å². The van der Waals surface area contributed by atoms with Gasteiger partial charge in [0.25, 0.3) is 0 Å². The van der Waals surface area contributed by atoms with Crippen molar-refractivity contribution in [1.82, 2.24) is 0 Å². The highest BCUT2D eigenvalue weighted by molar-refractivity contribution is 14.1. The summed E-state index contributed by atoms with van der Waals surface area (Å²) in [4.78, 5) is 11.5. The number of hydrogen-bond donors (Lipinski definition) is 0. The normalized spacial score (nSPS) is 24.5. The molecular formula is C14H21IO. The number of alkyl halides is 1. The van der Waals surface area contributed by atoms with Gasteiger partial charge in [0.2, 0.25) is 0 Å². The fourth-order valence-corrected chi connectivity index (χ4v) is 2.89. The van der Waals surface area contributed by atoms with Crippen LogP contribution >= 0.6 is 22.6 Å². The summed E-state index contributed by atoms with van der Waals surface area (Å²) in [6.07, 6.45) is 9.24. The number of ketones is 1. The molecule has 1 aliphatic rings. The Balaban J connectivity index is 2.73. The van der Waals surface area contributed by atoms with Crippen molar-refractivity contribution >= 4 is 28.4 Å². The summed E-state index contributed by atoms with van der Waals surface area (Å²) in [6.45, 7) is 6.77. The predicted molar refractivity (Wildman–Crippen MR) is 77.9 cm³/mol. The molecule has 0 heterocycles. The molecule has 0 aliphatic heterocycles. The molecule has 0 bridgehead atoms. The zero-order valence-electron chi connectivity index (χ0n) is 10.4. The van der Waals surface area contributed by atoms with Crippen LogP contribution in [-0.2, 0) is 4.79 Å². The van der Waals surface area contributed by atoms with E-state index in [1.165, 1.54) is 18.4 Å². The molecule has 0 fully saturated rings. The van der Waals surface area contributed by atoms with Crippen LogP contribution in [-0.4, -0.2) is 10.2 Å². The van der Waals surface area contributed by atoms with Gasteiger partial charge in [0.05, 0.1) is 0 Å². The second-order valence-corrected chi connectivity index (χ2v) is 6.30. The molecule has 0 saturated carbocycles. The number of carbonyl (C=O) groups is 1. The van der Waals surface area contributed by atoms with Crippen LogP contribution in [0, 0.1) is 11.3 Å². The smallest absolute Gasteiger partial charge is 0.156 e. The minimum atomic E-state index is 0.253. The Morgan fingerprint density at radius 1 is 1.62 bits per heavy atom. The van der Waals surface area contributed by atoms with Crippen molar-refractivity contribution in [2.75, 3.05) is 4.43 Å². The van der Waals surface area contributed by atoms with Gasteiger partial charge in [-0.3, -0.25) is 4.79 Å². The SMILES string of the molecule is CC1=CCCC(C)(C)C1/C=C/C(=O)CCI. The third-order valence-corrected chi connectivity index (χ3v) is 3.94.